The second kappa shape index (κ2) is 7.54. The minimum absolute atomic E-state index is 0.0631. The quantitative estimate of drug-likeness (QED) is 0.800. The first kappa shape index (κ1) is 15.2. The molecule has 3 nitrogen and oxygen atoms in total. The Morgan fingerprint density at radius 1 is 1.32 bits per heavy atom. The molecule has 0 aliphatic rings. The van der Waals surface area contributed by atoms with E-state index in [1.807, 2.05) is 38.1 Å². The summed E-state index contributed by atoms with van der Waals surface area (Å²) in [6.45, 7) is 3.72. The van der Waals surface area contributed by atoms with Gasteiger partial charge in [-0.1, -0.05) is 29.9 Å². The van der Waals surface area contributed by atoms with Crippen LogP contribution in [-0.2, 0) is 4.79 Å². The standard InChI is InChI=1S/C16H20O3/c1-12(2)10-15(18)11-14(17)7-4-13-5-8-16(19-3)9-6-13/h4-10,14,17H,11H2,1-3H3/b7-4+. The van der Waals surface area contributed by atoms with Gasteiger partial charge in [0.2, 0.25) is 0 Å². The summed E-state index contributed by atoms with van der Waals surface area (Å²) in [6.07, 6.45) is 4.31. The van der Waals surface area contributed by atoms with E-state index in [0.29, 0.717) is 0 Å². The van der Waals surface area contributed by atoms with Crippen LogP contribution in [0.1, 0.15) is 25.8 Å². The molecule has 1 N–H and O–H groups in total. The summed E-state index contributed by atoms with van der Waals surface area (Å²) < 4.78 is 5.06. The van der Waals surface area contributed by atoms with Gasteiger partial charge >= 0.3 is 0 Å². The summed E-state index contributed by atoms with van der Waals surface area (Å²) in [7, 11) is 1.61. The zero-order valence-corrected chi connectivity index (χ0v) is 11.6. The number of ether oxygens (including phenoxy) is 1. The molecule has 0 amide bonds. The van der Waals surface area contributed by atoms with Crippen molar-refractivity contribution < 1.29 is 14.6 Å². The molecule has 3 heteroatoms. The Kier molecular flexibility index (Phi) is 6.03. The first-order valence-electron chi connectivity index (χ1n) is 6.19. The van der Waals surface area contributed by atoms with Crippen LogP contribution in [-0.4, -0.2) is 24.1 Å². The fourth-order valence-electron chi connectivity index (χ4n) is 1.59. The zero-order valence-electron chi connectivity index (χ0n) is 11.6. The number of carbonyl (C=O) groups is 1. The number of aliphatic hydroxyl groups is 1. The largest absolute Gasteiger partial charge is 0.497 e. The van der Waals surface area contributed by atoms with Crippen LogP contribution in [0.4, 0.5) is 0 Å². The minimum Gasteiger partial charge on any atom is -0.497 e. The topological polar surface area (TPSA) is 46.5 Å². The van der Waals surface area contributed by atoms with E-state index in [1.54, 1.807) is 25.3 Å². The normalized spacial score (nSPS) is 12.2. The number of methoxy groups -OCH3 is 1. The average Bonchev–Trinajstić information content (AvgIpc) is 2.36. The number of hydrogen-bond acceptors (Lipinski definition) is 3. The highest BCUT2D eigenvalue weighted by Crippen LogP contribution is 2.13. The van der Waals surface area contributed by atoms with Crippen molar-refractivity contribution in [3.63, 3.8) is 0 Å². The maximum absolute atomic E-state index is 11.5. The van der Waals surface area contributed by atoms with Crippen LogP contribution >= 0.6 is 0 Å². The Hall–Kier alpha value is -1.87. The van der Waals surface area contributed by atoms with Crippen molar-refractivity contribution in [3.8, 4) is 5.75 Å². The number of hydrogen-bond donors (Lipinski definition) is 1. The van der Waals surface area contributed by atoms with E-state index in [4.69, 9.17) is 4.74 Å². The van der Waals surface area contributed by atoms with Crippen LogP contribution in [0.25, 0.3) is 6.08 Å². The molecule has 0 fully saturated rings. The smallest absolute Gasteiger partial charge is 0.158 e. The molecule has 0 heterocycles. The van der Waals surface area contributed by atoms with Gasteiger partial charge in [-0.2, -0.15) is 0 Å². The van der Waals surface area contributed by atoms with Crippen molar-refractivity contribution in [1.82, 2.24) is 0 Å². The molecule has 1 rings (SSSR count). The molecule has 0 bridgehead atoms. The van der Waals surface area contributed by atoms with E-state index in [-0.39, 0.29) is 12.2 Å². The average molecular weight is 260 g/mol. The van der Waals surface area contributed by atoms with Crippen molar-refractivity contribution >= 4 is 11.9 Å². The molecule has 0 aliphatic heterocycles. The van der Waals surface area contributed by atoms with Crippen molar-refractivity contribution in [2.75, 3.05) is 7.11 Å². The lowest BCUT2D eigenvalue weighted by Crippen LogP contribution is -2.08. The van der Waals surface area contributed by atoms with Gasteiger partial charge in [-0.05, 0) is 37.6 Å². The minimum atomic E-state index is -0.759. The maximum Gasteiger partial charge on any atom is 0.158 e. The number of carbonyl (C=O) groups excluding carboxylic acids is 1. The number of aliphatic hydroxyl groups excluding tert-OH is 1. The van der Waals surface area contributed by atoms with Crippen LogP contribution in [0.2, 0.25) is 0 Å². The molecule has 1 atom stereocenters. The zero-order chi connectivity index (χ0) is 14.3. The van der Waals surface area contributed by atoms with E-state index in [1.165, 1.54) is 0 Å². The second-order valence-electron chi connectivity index (χ2n) is 4.59. The van der Waals surface area contributed by atoms with Gasteiger partial charge in [-0.15, -0.1) is 0 Å². The SMILES string of the molecule is COc1ccc(/C=C/C(O)CC(=O)C=C(C)C)cc1. The summed E-state index contributed by atoms with van der Waals surface area (Å²) in [6, 6.07) is 7.47. The van der Waals surface area contributed by atoms with Gasteiger partial charge in [0.15, 0.2) is 5.78 Å². The fourth-order valence-corrected chi connectivity index (χ4v) is 1.59. The molecular formula is C16H20O3. The number of rotatable bonds is 6. The van der Waals surface area contributed by atoms with E-state index >= 15 is 0 Å². The predicted octanol–water partition coefficient (Wildman–Crippen LogP) is 2.99. The van der Waals surface area contributed by atoms with Gasteiger partial charge in [-0.3, -0.25) is 4.79 Å². The second-order valence-corrected chi connectivity index (χ2v) is 4.59. The van der Waals surface area contributed by atoms with Crippen LogP contribution < -0.4 is 4.74 Å². The van der Waals surface area contributed by atoms with Gasteiger partial charge < -0.3 is 9.84 Å². The lowest BCUT2D eigenvalue weighted by atomic mass is 10.1. The van der Waals surface area contributed by atoms with Gasteiger partial charge in [0.05, 0.1) is 13.2 Å². The lowest BCUT2D eigenvalue weighted by Gasteiger charge is -2.03. The third-order valence-electron chi connectivity index (χ3n) is 2.49. The Bertz CT molecular complexity index is 465. The number of ketones is 1. The third kappa shape index (κ3) is 6.02. The maximum atomic E-state index is 11.5. The van der Waals surface area contributed by atoms with E-state index < -0.39 is 6.10 Å². The molecule has 1 unspecified atom stereocenters. The van der Waals surface area contributed by atoms with Crippen LogP contribution in [0, 0.1) is 0 Å². The molecule has 0 saturated heterocycles. The van der Waals surface area contributed by atoms with Crippen molar-refractivity contribution in [3.05, 3.63) is 47.6 Å². The van der Waals surface area contributed by atoms with Crippen molar-refractivity contribution in [2.45, 2.75) is 26.4 Å². The summed E-state index contributed by atoms with van der Waals surface area (Å²) >= 11 is 0. The van der Waals surface area contributed by atoms with E-state index in [2.05, 4.69) is 0 Å². The third-order valence-corrected chi connectivity index (χ3v) is 2.49. The van der Waals surface area contributed by atoms with Crippen molar-refractivity contribution in [1.29, 1.82) is 0 Å². The highest BCUT2D eigenvalue weighted by molar-refractivity contribution is 5.90. The number of benzene rings is 1. The Labute approximate surface area is 114 Å². The van der Waals surface area contributed by atoms with Crippen LogP contribution in [0.5, 0.6) is 5.75 Å². The molecule has 0 aromatic heterocycles. The monoisotopic (exact) mass is 260 g/mol. The highest BCUT2D eigenvalue weighted by atomic mass is 16.5. The van der Waals surface area contributed by atoms with Gasteiger partial charge in [0.1, 0.15) is 5.75 Å². The summed E-state index contributed by atoms with van der Waals surface area (Å²) in [5.74, 6) is 0.725. The molecule has 1 aromatic rings. The van der Waals surface area contributed by atoms with Crippen LogP contribution in [0.3, 0.4) is 0 Å². The molecule has 0 saturated carbocycles. The molecule has 0 spiro atoms. The molecular weight excluding hydrogens is 240 g/mol. The summed E-state index contributed by atoms with van der Waals surface area (Å²) in [5.41, 5.74) is 1.89. The molecule has 1 aromatic carbocycles. The van der Waals surface area contributed by atoms with Gasteiger partial charge in [-0.25, -0.2) is 0 Å². The number of allylic oxidation sites excluding steroid dienone is 2. The van der Waals surface area contributed by atoms with Crippen LogP contribution in [0.15, 0.2) is 42.0 Å². The predicted molar refractivity (Wildman–Crippen MR) is 77.1 cm³/mol. The lowest BCUT2D eigenvalue weighted by molar-refractivity contribution is -0.115. The fraction of sp³-hybridized carbons (Fsp3) is 0.312. The molecule has 0 aliphatic carbocycles. The summed E-state index contributed by atoms with van der Waals surface area (Å²) in [5, 5.41) is 9.73. The van der Waals surface area contributed by atoms with Crippen molar-refractivity contribution in [2.24, 2.45) is 0 Å². The first-order valence-corrected chi connectivity index (χ1v) is 6.19. The molecule has 102 valence electrons. The van der Waals surface area contributed by atoms with E-state index in [0.717, 1.165) is 16.9 Å². The highest BCUT2D eigenvalue weighted by Gasteiger charge is 2.05. The van der Waals surface area contributed by atoms with E-state index in [9.17, 15) is 9.90 Å². The summed E-state index contributed by atoms with van der Waals surface area (Å²) in [4.78, 5) is 11.5. The Balaban J connectivity index is 2.55. The Morgan fingerprint density at radius 2 is 1.95 bits per heavy atom. The Morgan fingerprint density at radius 3 is 2.47 bits per heavy atom. The van der Waals surface area contributed by atoms with Gasteiger partial charge in [0, 0.05) is 6.42 Å². The molecule has 19 heavy (non-hydrogen) atoms. The first-order chi connectivity index (χ1) is 9.01. The van der Waals surface area contributed by atoms with Gasteiger partial charge in [0.25, 0.3) is 0 Å². The molecule has 0 radical (unpaired) electrons.